The zero-order chi connectivity index (χ0) is 25.1. The Morgan fingerprint density at radius 3 is 2.64 bits per heavy atom. The molecule has 6 nitrogen and oxygen atoms in total. The SMILES string of the molecule is COc1cc(C=C2C(=O)N(c3nc(-c4ccccc4)cs3)N=C2C)ccc1OCc1cccc(F)c1. The summed E-state index contributed by atoms with van der Waals surface area (Å²) >= 11 is 1.37. The maximum Gasteiger partial charge on any atom is 0.282 e. The first kappa shape index (κ1) is 23.4. The van der Waals surface area contributed by atoms with Crippen LogP contribution in [0.2, 0.25) is 0 Å². The van der Waals surface area contributed by atoms with E-state index in [4.69, 9.17) is 9.47 Å². The maximum atomic E-state index is 13.4. The van der Waals surface area contributed by atoms with Crippen molar-refractivity contribution in [3.05, 3.63) is 101 Å². The van der Waals surface area contributed by atoms with Crippen LogP contribution < -0.4 is 14.5 Å². The molecule has 0 saturated carbocycles. The van der Waals surface area contributed by atoms with E-state index in [0.29, 0.717) is 33.5 Å². The van der Waals surface area contributed by atoms with Gasteiger partial charge in [-0.3, -0.25) is 4.79 Å². The van der Waals surface area contributed by atoms with E-state index in [1.807, 2.05) is 41.8 Å². The van der Waals surface area contributed by atoms with Crippen molar-refractivity contribution in [1.29, 1.82) is 0 Å². The average Bonchev–Trinajstić information content (AvgIpc) is 3.49. The van der Waals surface area contributed by atoms with Crippen LogP contribution in [0.1, 0.15) is 18.1 Å². The number of ether oxygens (including phenoxy) is 2. The fraction of sp³-hybridized carbons (Fsp3) is 0.107. The molecule has 0 aliphatic carbocycles. The number of rotatable bonds is 7. The Kier molecular flexibility index (Phi) is 6.60. The fourth-order valence-electron chi connectivity index (χ4n) is 3.76. The van der Waals surface area contributed by atoms with Crippen molar-refractivity contribution >= 4 is 34.2 Å². The molecule has 0 saturated heterocycles. The molecule has 0 fully saturated rings. The molecule has 1 aliphatic rings. The van der Waals surface area contributed by atoms with Crippen LogP contribution in [-0.4, -0.2) is 23.7 Å². The maximum absolute atomic E-state index is 13.4. The van der Waals surface area contributed by atoms with Crippen LogP contribution >= 0.6 is 11.3 Å². The van der Waals surface area contributed by atoms with Crippen molar-refractivity contribution in [2.45, 2.75) is 13.5 Å². The van der Waals surface area contributed by atoms with E-state index < -0.39 is 0 Å². The number of thiazole rings is 1. The number of anilines is 1. The van der Waals surface area contributed by atoms with E-state index in [2.05, 4.69) is 10.1 Å². The van der Waals surface area contributed by atoms with E-state index in [0.717, 1.165) is 16.8 Å². The van der Waals surface area contributed by atoms with Gasteiger partial charge in [0.05, 0.1) is 24.1 Å². The number of amides is 1. The molecule has 180 valence electrons. The van der Waals surface area contributed by atoms with Crippen LogP contribution in [-0.2, 0) is 11.4 Å². The molecule has 0 bridgehead atoms. The highest BCUT2D eigenvalue weighted by Gasteiger charge is 2.30. The minimum atomic E-state index is -0.314. The molecule has 3 aromatic carbocycles. The monoisotopic (exact) mass is 499 g/mol. The molecule has 0 unspecified atom stereocenters. The second-order valence-corrected chi connectivity index (χ2v) is 8.91. The van der Waals surface area contributed by atoms with Crippen molar-refractivity contribution in [3.8, 4) is 22.8 Å². The number of hydrogen-bond donors (Lipinski definition) is 0. The van der Waals surface area contributed by atoms with Crippen LogP contribution in [0.4, 0.5) is 9.52 Å². The highest BCUT2D eigenvalue weighted by Crippen LogP contribution is 2.33. The summed E-state index contributed by atoms with van der Waals surface area (Å²) in [5, 5.41) is 8.22. The number of halogens is 1. The lowest BCUT2D eigenvalue weighted by Crippen LogP contribution is -2.21. The fourth-order valence-corrected chi connectivity index (χ4v) is 4.55. The summed E-state index contributed by atoms with van der Waals surface area (Å²) in [5.74, 6) is 0.466. The number of carbonyl (C=O) groups is 1. The number of benzene rings is 3. The summed E-state index contributed by atoms with van der Waals surface area (Å²) in [7, 11) is 1.54. The zero-order valence-electron chi connectivity index (χ0n) is 19.6. The highest BCUT2D eigenvalue weighted by atomic mass is 32.1. The minimum absolute atomic E-state index is 0.201. The summed E-state index contributed by atoms with van der Waals surface area (Å²) in [6, 6.07) is 21.4. The van der Waals surface area contributed by atoms with Crippen molar-refractivity contribution in [2.24, 2.45) is 5.10 Å². The van der Waals surface area contributed by atoms with Crippen molar-refractivity contribution in [1.82, 2.24) is 4.98 Å². The number of nitrogens with zero attached hydrogens (tertiary/aromatic N) is 3. The first-order valence-electron chi connectivity index (χ1n) is 11.2. The minimum Gasteiger partial charge on any atom is -0.493 e. The Balaban J connectivity index is 1.34. The molecule has 0 atom stereocenters. The molecule has 0 N–H and O–H groups in total. The normalized spacial score (nSPS) is 14.3. The lowest BCUT2D eigenvalue weighted by molar-refractivity contribution is -0.114. The van der Waals surface area contributed by atoms with Crippen LogP contribution in [0.25, 0.3) is 17.3 Å². The second kappa shape index (κ2) is 10.1. The van der Waals surface area contributed by atoms with Crippen molar-refractivity contribution in [2.75, 3.05) is 12.1 Å². The van der Waals surface area contributed by atoms with Gasteiger partial charge in [0, 0.05) is 10.9 Å². The van der Waals surface area contributed by atoms with Crippen LogP contribution in [0.15, 0.2) is 88.9 Å². The molecular formula is C28H22FN3O3S. The summed E-state index contributed by atoms with van der Waals surface area (Å²) in [6.07, 6.45) is 1.77. The van der Waals surface area contributed by atoms with Gasteiger partial charge in [-0.05, 0) is 48.4 Å². The zero-order valence-corrected chi connectivity index (χ0v) is 20.5. The van der Waals surface area contributed by atoms with Gasteiger partial charge in [-0.25, -0.2) is 9.37 Å². The first-order valence-corrected chi connectivity index (χ1v) is 12.1. The largest absolute Gasteiger partial charge is 0.493 e. The van der Waals surface area contributed by atoms with Gasteiger partial charge in [-0.2, -0.15) is 10.1 Å². The van der Waals surface area contributed by atoms with Gasteiger partial charge in [0.1, 0.15) is 12.4 Å². The number of aromatic nitrogens is 1. The molecule has 1 amide bonds. The Morgan fingerprint density at radius 2 is 1.86 bits per heavy atom. The third kappa shape index (κ3) is 4.89. The van der Waals surface area contributed by atoms with E-state index in [1.165, 1.54) is 28.5 Å². The second-order valence-electron chi connectivity index (χ2n) is 8.07. The molecule has 0 spiro atoms. The van der Waals surface area contributed by atoms with Gasteiger partial charge < -0.3 is 9.47 Å². The van der Waals surface area contributed by atoms with Crippen molar-refractivity contribution in [3.63, 3.8) is 0 Å². The smallest absolute Gasteiger partial charge is 0.282 e. The summed E-state index contributed by atoms with van der Waals surface area (Å²) in [5.41, 5.74) is 4.32. The van der Waals surface area contributed by atoms with Gasteiger partial charge in [0.25, 0.3) is 5.91 Å². The molecule has 0 radical (unpaired) electrons. The predicted octanol–water partition coefficient (Wildman–Crippen LogP) is 6.34. The van der Waals surface area contributed by atoms with Crippen LogP contribution in [0.5, 0.6) is 11.5 Å². The molecule has 5 rings (SSSR count). The standard InChI is InChI=1S/C28H22FN3O3S/c1-18-23(27(33)32(31-18)28-30-24(17-36-28)21-8-4-3-5-9-21)14-19-11-12-25(26(15-19)34-2)35-16-20-7-6-10-22(29)13-20/h3-15,17H,16H2,1-2H3. The number of carbonyl (C=O) groups excluding carboxylic acids is 1. The van der Waals surface area contributed by atoms with Gasteiger partial charge in [-0.1, -0.05) is 48.5 Å². The first-order chi connectivity index (χ1) is 17.5. The molecule has 2 heterocycles. The van der Waals surface area contributed by atoms with E-state index in [1.54, 1.807) is 44.4 Å². The molecule has 1 aromatic heterocycles. The summed E-state index contributed by atoms with van der Waals surface area (Å²) in [4.78, 5) is 17.8. The Labute approximate surface area is 212 Å². The number of hydrogen-bond acceptors (Lipinski definition) is 6. The lowest BCUT2D eigenvalue weighted by Gasteiger charge is -2.12. The molecule has 4 aromatic rings. The number of methoxy groups -OCH3 is 1. The van der Waals surface area contributed by atoms with Gasteiger partial charge in [0.15, 0.2) is 11.5 Å². The lowest BCUT2D eigenvalue weighted by atomic mass is 10.1. The van der Waals surface area contributed by atoms with Gasteiger partial charge in [0.2, 0.25) is 5.13 Å². The molecule has 1 aliphatic heterocycles. The summed E-state index contributed by atoms with van der Waals surface area (Å²) in [6.45, 7) is 2.00. The van der Waals surface area contributed by atoms with Gasteiger partial charge >= 0.3 is 0 Å². The highest BCUT2D eigenvalue weighted by molar-refractivity contribution is 7.14. The molecular weight excluding hydrogens is 477 g/mol. The third-order valence-electron chi connectivity index (χ3n) is 5.59. The predicted molar refractivity (Wildman–Crippen MR) is 140 cm³/mol. The van der Waals surface area contributed by atoms with E-state index in [9.17, 15) is 9.18 Å². The molecule has 8 heteroatoms. The Bertz CT molecular complexity index is 1480. The summed E-state index contributed by atoms with van der Waals surface area (Å²) < 4.78 is 24.8. The van der Waals surface area contributed by atoms with E-state index >= 15 is 0 Å². The quantitative estimate of drug-likeness (QED) is 0.278. The van der Waals surface area contributed by atoms with Crippen LogP contribution in [0, 0.1) is 5.82 Å². The van der Waals surface area contributed by atoms with Crippen molar-refractivity contribution < 1.29 is 18.7 Å². The van der Waals surface area contributed by atoms with E-state index in [-0.39, 0.29) is 18.3 Å². The third-order valence-corrected chi connectivity index (χ3v) is 6.40. The Morgan fingerprint density at radius 1 is 1.03 bits per heavy atom. The topological polar surface area (TPSA) is 64.0 Å². The van der Waals surface area contributed by atoms with Crippen LogP contribution in [0.3, 0.4) is 0 Å². The Hall–Kier alpha value is -4.30. The molecule has 36 heavy (non-hydrogen) atoms. The average molecular weight is 500 g/mol. The van der Waals surface area contributed by atoms with Gasteiger partial charge in [-0.15, -0.1) is 11.3 Å². The number of hydrazone groups is 1.